The van der Waals surface area contributed by atoms with Gasteiger partial charge in [-0.1, -0.05) is 6.07 Å². The van der Waals surface area contributed by atoms with Crippen LogP contribution < -0.4 is 10.1 Å². The molecule has 1 unspecified atom stereocenters. The van der Waals surface area contributed by atoms with Crippen LogP contribution in [0, 0.1) is 18.7 Å². The second-order valence-electron chi connectivity index (χ2n) is 7.84. The second-order valence-corrected chi connectivity index (χ2v) is 7.84. The van der Waals surface area contributed by atoms with Gasteiger partial charge in [-0.05, 0) is 88.0 Å². The van der Waals surface area contributed by atoms with Gasteiger partial charge in [0.1, 0.15) is 17.3 Å². The maximum atomic E-state index is 13.1. The number of hydrogen-bond donors (Lipinski definition) is 1. The van der Waals surface area contributed by atoms with Crippen molar-refractivity contribution in [2.45, 2.75) is 39.7 Å². The van der Waals surface area contributed by atoms with Crippen molar-refractivity contribution in [3.63, 3.8) is 0 Å². The highest BCUT2D eigenvalue weighted by atomic mass is 19.1. The number of hydrogen-bond acceptors (Lipinski definition) is 3. The molecule has 1 amide bonds. The predicted octanol–water partition coefficient (Wildman–Crippen LogP) is 4.78. The molecule has 1 saturated heterocycles. The minimum atomic E-state index is -0.309. The van der Waals surface area contributed by atoms with Gasteiger partial charge in [-0.2, -0.15) is 0 Å². The van der Waals surface area contributed by atoms with Gasteiger partial charge in [0.05, 0.1) is 0 Å². The lowest BCUT2D eigenvalue weighted by Gasteiger charge is -2.35. The number of amides is 1. The summed E-state index contributed by atoms with van der Waals surface area (Å²) in [5.74, 6) is 1.23. The van der Waals surface area contributed by atoms with Gasteiger partial charge >= 0.3 is 0 Å². The van der Waals surface area contributed by atoms with Gasteiger partial charge in [-0.25, -0.2) is 4.39 Å². The van der Waals surface area contributed by atoms with E-state index in [2.05, 4.69) is 24.1 Å². The van der Waals surface area contributed by atoms with Crippen LogP contribution in [0.15, 0.2) is 42.5 Å². The van der Waals surface area contributed by atoms with Gasteiger partial charge in [0.15, 0.2) is 0 Å². The summed E-state index contributed by atoms with van der Waals surface area (Å²) in [7, 11) is 0. The van der Waals surface area contributed by atoms with Crippen molar-refractivity contribution in [2.75, 3.05) is 19.6 Å². The molecule has 0 spiro atoms. The van der Waals surface area contributed by atoms with E-state index in [0.717, 1.165) is 25.1 Å². The van der Waals surface area contributed by atoms with Crippen LogP contribution >= 0.6 is 0 Å². The Bertz CT molecular complexity index is 805. The van der Waals surface area contributed by atoms with Gasteiger partial charge in [0.25, 0.3) is 5.91 Å². The highest BCUT2D eigenvalue weighted by Crippen LogP contribution is 2.26. The molecule has 3 rings (SSSR count). The Morgan fingerprint density at radius 1 is 1.25 bits per heavy atom. The minimum Gasteiger partial charge on any atom is -0.457 e. The maximum Gasteiger partial charge on any atom is 0.251 e. The number of carbonyl (C=O) groups is 1. The Labute approximate surface area is 166 Å². The predicted molar refractivity (Wildman–Crippen MR) is 109 cm³/mol. The summed E-state index contributed by atoms with van der Waals surface area (Å²) >= 11 is 0. The summed E-state index contributed by atoms with van der Waals surface area (Å²) in [6, 6.07) is 11.8. The van der Waals surface area contributed by atoms with E-state index >= 15 is 0 Å². The van der Waals surface area contributed by atoms with Gasteiger partial charge < -0.3 is 15.0 Å². The average molecular weight is 384 g/mol. The fraction of sp³-hybridized carbons (Fsp3) is 0.435. The number of rotatable bonds is 6. The zero-order valence-electron chi connectivity index (χ0n) is 16.9. The minimum absolute atomic E-state index is 0.0920. The molecule has 2 aromatic rings. The number of aryl methyl sites for hydroxylation is 1. The fourth-order valence-electron chi connectivity index (χ4n) is 3.55. The first kappa shape index (κ1) is 20.3. The fourth-order valence-corrected chi connectivity index (χ4v) is 3.55. The molecule has 5 heteroatoms. The van der Waals surface area contributed by atoms with Gasteiger partial charge in [0.2, 0.25) is 0 Å². The van der Waals surface area contributed by atoms with Crippen LogP contribution in [0.4, 0.5) is 4.39 Å². The molecule has 0 radical (unpaired) electrons. The molecule has 1 fully saturated rings. The number of likely N-dealkylation sites (tertiary alicyclic amines) is 1. The first-order chi connectivity index (χ1) is 13.4. The van der Waals surface area contributed by atoms with E-state index < -0.39 is 0 Å². The molecule has 150 valence electrons. The zero-order valence-corrected chi connectivity index (χ0v) is 16.9. The molecule has 1 aliphatic heterocycles. The van der Waals surface area contributed by atoms with Crippen LogP contribution in [0.5, 0.6) is 11.5 Å². The number of nitrogens with zero attached hydrogens (tertiary/aromatic N) is 1. The van der Waals surface area contributed by atoms with Crippen molar-refractivity contribution in [1.82, 2.24) is 10.2 Å². The van der Waals surface area contributed by atoms with Crippen LogP contribution in [-0.2, 0) is 0 Å². The Kier molecular flexibility index (Phi) is 6.68. The molecule has 4 nitrogen and oxygen atoms in total. The third-order valence-electron chi connectivity index (χ3n) is 5.32. The number of benzene rings is 2. The van der Waals surface area contributed by atoms with Crippen LogP contribution in [0.1, 0.15) is 42.6 Å². The first-order valence-electron chi connectivity index (χ1n) is 9.98. The largest absolute Gasteiger partial charge is 0.457 e. The van der Waals surface area contributed by atoms with E-state index in [1.54, 1.807) is 18.2 Å². The number of ether oxygens (including phenoxy) is 1. The average Bonchev–Trinajstić information content (AvgIpc) is 2.69. The normalized spacial score (nSPS) is 17.5. The summed E-state index contributed by atoms with van der Waals surface area (Å²) in [5.41, 5.74) is 1.49. The summed E-state index contributed by atoms with van der Waals surface area (Å²) in [6.07, 6.45) is 2.33. The lowest BCUT2D eigenvalue weighted by atomic mass is 9.97. The van der Waals surface area contributed by atoms with Gasteiger partial charge in [0, 0.05) is 24.7 Å². The molecule has 1 heterocycles. The van der Waals surface area contributed by atoms with E-state index in [1.165, 1.54) is 18.6 Å². The third-order valence-corrected chi connectivity index (χ3v) is 5.32. The van der Waals surface area contributed by atoms with Gasteiger partial charge in [-0.15, -0.1) is 0 Å². The zero-order chi connectivity index (χ0) is 20.1. The van der Waals surface area contributed by atoms with Crippen molar-refractivity contribution in [1.29, 1.82) is 0 Å². The molecule has 1 aliphatic rings. The summed E-state index contributed by atoms with van der Waals surface area (Å²) < 4.78 is 18.9. The van der Waals surface area contributed by atoms with E-state index in [-0.39, 0.29) is 11.7 Å². The van der Waals surface area contributed by atoms with Crippen molar-refractivity contribution < 1.29 is 13.9 Å². The first-order valence-corrected chi connectivity index (χ1v) is 9.98. The van der Waals surface area contributed by atoms with Crippen LogP contribution in [0.25, 0.3) is 0 Å². The molecule has 0 aliphatic carbocycles. The van der Waals surface area contributed by atoms with E-state index in [4.69, 9.17) is 4.74 Å². The monoisotopic (exact) mass is 384 g/mol. The summed E-state index contributed by atoms with van der Waals surface area (Å²) in [4.78, 5) is 15.1. The molecule has 0 aromatic heterocycles. The third kappa shape index (κ3) is 5.32. The number of nitrogens with one attached hydrogen (secondary N) is 1. The van der Waals surface area contributed by atoms with E-state index in [9.17, 15) is 9.18 Å². The smallest absolute Gasteiger partial charge is 0.251 e. The van der Waals surface area contributed by atoms with Crippen molar-refractivity contribution in [3.8, 4) is 11.5 Å². The Balaban J connectivity index is 1.61. The van der Waals surface area contributed by atoms with Crippen LogP contribution in [0.3, 0.4) is 0 Å². The molecule has 1 N–H and O–H groups in total. The molecule has 28 heavy (non-hydrogen) atoms. The topological polar surface area (TPSA) is 41.6 Å². The number of piperidine rings is 1. The highest BCUT2D eigenvalue weighted by Gasteiger charge is 2.22. The Morgan fingerprint density at radius 3 is 2.71 bits per heavy atom. The molecule has 1 atom stereocenters. The summed E-state index contributed by atoms with van der Waals surface area (Å²) in [6.45, 7) is 9.22. The van der Waals surface area contributed by atoms with Crippen LogP contribution in [0.2, 0.25) is 0 Å². The van der Waals surface area contributed by atoms with Crippen molar-refractivity contribution in [2.24, 2.45) is 5.92 Å². The van der Waals surface area contributed by atoms with E-state index in [0.29, 0.717) is 35.6 Å². The standard InChI is InChI=1S/C23H29FN2O2/c1-16(2)26-12-4-5-18(15-26)14-25-23(27)19-7-6-17(3)22(13-19)28-21-10-8-20(24)9-11-21/h6-11,13,16,18H,4-5,12,14-15H2,1-3H3,(H,25,27). The highest BCUT2D eigenvalue weighted by molar-refractivity contribution is 5.94. The van der Waals surface area contributed by atoms with Gasteiger partial charge in [-0.3, -0.25) is 4.79 Å². The Morgan fingerprint density at radius 2 is 2.00 bits per heavy atom. The number of carbonyl (C=O) groups excluding carboxylic acids is 1. The summed E-state index contributed by atoms with van der Waals surface area (Å²) in [5, 5.41) is 3.08. The molecule has 2 aromatic carbocycles. The maximum absolute atomic E-state index is 13.1. The lowest BCUT2D eigenvalue weighted by Crippen LogP contribution is -2.43. The molecule has 0 saturated carbocycles. The molecule has 0 bridgehead atoms. The van der Waals surface area contributed by atoms with Crippen molar-refractivity contribution >= 4 is 5.91 Å². The van der Waals surface area contributed by atoms with Crippen LogP contribution in [-0.4, -0.2) is 36.5 Å². The van der Waals surface area contributed by atoms with E-state index in [1.807, 2.05) is 19.1 Å². The SMILES string of the molecule is Cc1ccc(C(=O)NCC2CCCN(C(C)C)C2)cc1Oc1ccc(F)cc1. The lowest BCUT2D eigenvalue weighted by molar-refractivity contribution is 0.0922. The Hall–Kier alpha value is -2.40. The quantitative estimate of drug-likeness (QED) is 0.780. The second kappa shape index (κ2) is 9.20. The molecular formula is C23H29FN2O2. The van der Waals surface area contributed by atoms with Crippen molar-refractivity contribution in [3.05, 3.63) is 59.4 Å². The number of halogens is 1. The molecular weight excluding hydrogens is 355 g/mol.